The maximum absolute atomic E-state index is 11.8. The minimum absolute atomic E-state index is 0.0677. The summed E-state index contributed by atoms with van der Waals surface area (Å²) in [6.07, 6.45) is 8.27. The highest BCUT2D eigenvalue weighted by Crippen LogP contribution is 2.38. The number of aliphatic hydroxyl groups is 1. The van der Waals surface area contributed by atoms with E-state index < -0.39 is 6.10 Å². The highest BCUT2D eigenvalue weighted by atomic mass is 16.3. The molecule has 1 aromatic rings. The van der Waals surface area contributed by atoms with Crippen molar-refractivity contribution < 1.29 is 14.7 Å². The number of aliphatic hydroxyl groups excluding tert-OH is 1. The first kappa shape index (κ1) is 29.5. The molecule has 4 unspecified atom stereocenters. The van der Waals surface area contributed by atoms with Gasteiger partial charge in [-0.15, -0.1) is 0 Å². The molecule has 0 spiro atoms. The van der Waals surface area contributed by atoms with E-state index in [1.165, 1.54) is 37.7 Å². The SMILES string of the molecule is CC(C)(C)NC=O.CCC(=O)CNC(Cc1ccccc1)C(O)CN1CC2CCCCC2C[C@H]1C. The summed E-state index contributed by atoms with van der Waals surface area (Å²) < 4.78 is 0. The van der Waals surface area contributed by atoms with E-state index in [0.29, 0.717) is 32.0 Å². The van der Waals surface area contributed by atoms with Crippen molar-refractivity contribution in [1.29, 1.82) is 0 Å². The Morgan fingerprint density at radius 2 is 1.83 bits per heavy atom. The van der Waals surface area contributed by atoms with E-state index >= 15 is 0 Å². The van der Waals surface area contributed by atoms with E-state index in [2.05, 4.69) is 34.6 Å². The van der Waals surface area contributed by atoms with Gasteiger partial charge in [0.25, 0.3) is 0 Å². The van der Waals surface area contributed by atoms with Crippen LogP contribution in [0.1, 0.15) is 78.7 Å². The molecule has 35 heavy (non-hydrogen) atoms. The zero-order valence-electron chi connectivity index (χ0n) is 22.6. The van der Waals surface area contributed by atoms with Crippen molar-refractivity contribution in [3.63, 3.8) is 0 Å². The lowest BCUT2D eigenvalue weighted by molar-refractivity contribution is -0.118. The number of Topliss-reactive ketones (excluding diaryl/α,β-unsaturated/α-hetero) is 1. The molecule has 2 aliphatic rings. The maximum Gasteiger partial charge on any atom is 0.207 e. The number of likely N-dealkylation sites (tertiary alicyclic amines) is 1. The van der Waals surface area contributed by atoms with Crippen molar-refractivity contribution >= 4 is 12.2 Å². The van der Waals surface area contributed by atoms with Crippen molar-refractivity contribution in [3.8, 4) is 0 Å². The number of hydrogen-bond donors (Lipinski definition) is 3. The van der Waals surface area contributed by atoms with Gasteiger partial charge in [0.2, 0.25) is 6.41 Å². The Morgan fingerprint density at radius 1 is 1.17 bits per heavy atom. The van der Waals surface area contributed by atoms with E-state index in [0.717, 1.165) is 24.8 Å². The minimum Gasteiger partial charge on any atom is -0.390 e. The van der Waals surface area contributed by atoms with Crippen LogP contribution in [0.3, 0.4) is 0 Å². The Bertz CT molecular complexity index is 749. The summed E-state index contributed by atoms with van der Waals surface area (Å²) >= 11 is 0. The van der Waals surface area contributed by atoms with Crippen LogP contribution in [0.2, 0.25) is 0 Å². The summed E-state index contributed by atoms with van der Waals surface area (Å²) in [4.78, 5) is 24.0. The lowest BCUT2D eigenvalue weighted by Crippen LogP contribution is -2.54. The third-order valence-corrected chi connectivity index (χ3v) is 7.43. The summed E-state index contributed by atoms with van der Waals surface area (Å²) in [6.45, 7) is 12.2. The fourth-order valence-corrected chi connectivity index (χ4v) is 5.28. The number of hydrogen-bond acceptors (Lipinski definition) is 5. The zero-order chi connectivity index (χ0) is 25.8. The normalized spacial score (nSPS) is 24.3. The number of ketones is 1. The molecule has 1 saturated heterocycles. The van der Waals surface area contributed by atoms with Gasteiger partial charge in [-0.05, 0) is 64.4 Å². The summed E-state index contributed by atoms with van der Waals surface area (Å²) in [7, 11) is 0. The third-order valence-electron chi connectivity index (χ3n) is 7.43. The van der Waals surface area contributed by atoms with Crippen molar-refractivity contribution in [2.75, 3.05) is 19.6 Å². The van der Waals surface area contributed by atoms with Crippen molar-refractivity contribution in [2.45, 2.75) is 103 Å². The van der Waals surface area contributed by atoms with Gasteiger partial charge < -0.3 is 15.7 Å². The molecule has 6 heteroatoms. The first-order valence-corrected chi connectivity index (χ1v) is 13.5. The van der Waals surface area contributed by atoms with Crippen LogP contribution in [-0.2, 0) is 16.0 Å². The van der Waals surface area contributed by atoms with Gasteiger partial charge in [-0.25, -0.2) is 0 Å². The van der Waals surface area contributed by atoms with Gasteiger partial charge in [0.05, 0.1) is 12.6 Å². The van der Waals surface area contributed by atoms with Gasteiger partial charge in [-0.2, -0.15) is 0 Å². The average Bonchev–Trinajstić information content (AvgIpc) is 2.82. The van der Waals surface area contributed by atoms with Gasteiger partial charge in [-0.3, -0.25) is 14.5 Å². The lowest BCUT2D eigenvalue weighted by atomic mass is 9.73. The Hall–Kier alpha value is -1.76. The maximum atomic E-state index is 11.8. The molecule has 6 nitrogen and oxygen atoms in total. The monoisotopic (exact) mass is 487 g/mol. The molecule has 3 rings (SSSR count). The van der Waals surface area contributed by atoms with E-state index in [-0.39, 0.29) is 17.4 Å². The van der Waals surface area contributed by atoms with Gasteiger partial charge in [0, 0.05) is 37.1 Å². The molecule has 3 N–H and O–H groups in total. The number of carbonyl (C=O) groups excluding carboxylic acids is 2. The largest absolute Gasteiger partial charge is 0.390 e. The number of rotatable bonds is 10. The van der Waals surface area contributed by atoms with Gasteiger partial charge >= 0.3 is 0 Å². The van der Waals surface area contributed by atoms with Crippen LogP contribution >= 0.6 is 0 Å². The molecule has 1 saturated carbocycles. The Labute approximate surface area is 213 Å². The average molecular weight is 488 g/mol. The molecule has 1 aliphatic heterocycles. The number of piperidine rings is 1. The lowest BCUT2D eigenvalue weighted by Gasteiger charge is -2.46. The number of nitrogens with one attached hydrogen (secondary N) is 2. The second-order valence-electron chi connectivity index (χ2n) is 11.5. The van der Waals surface area contributed by atoms with Crippen LogP contribution < -0.4 is 10.6 Å². The van der Waals surface area contributed by atoms with E-state index in [1.807, 2.05) is 45.9 Å². The Balaban J connectivity index is 0.000000540. The van der Waals surface area contributed by atoms with Crippen LogP contribution in [0.4, 0.5) is 0 Å². The standard InChI is InChI=1S/C24H38N2O2.C5H11NO/c1-3-22(27)15-25-23(14-19-9-5-4-6-10-19)24(28)17-26-16-21-12-8-7-11-20(21)13-18(26)2;1-5(2,3)6-4-7/h4-6,9-10,18,20-21,23-25,28H,3,7-8,11-17H2,1-2H3;4H,1-3H3,(H,6,7)/t18-,20?,21?,23?,24?;/m1./s1. The van der Waals surface area contributed by atoms with Crippen LogP contribution in [-0.4, -0.2) is 65.6 Å². The molecular formula is C29H49N3O3. The fraction of sp³-hybridized carbons (Fsp3) is 0.724. The van der Waals surface area contributed by atoms with Crippen LogP contribution in [0.25, 0.3) is 0 Å². The number of benzene rings is 1. The minimum atomic E-state index is -0.479. The number of nitrogens with zero attached hydrogens (tertiary/aromatic N) is 1. The molecule has 1 amide bonds. The molecule has 1 heterocycles. The van der Waals surface area contributed by atoms with Gasteiger partial charge in [0.15, 0.2) is 0 Å². The number of carbonyl (C=O) groups is 2. The summed E-state index contributed by atoms with van der Waals surface area (Å²) in [6, 6.07) is 10.7. The molecule has 0 bridgehead atoms. The predicted molar refractivity (Wildman–Crippen MR) is 143 cm³/mol. The van der Waals surface area contributed by atoms with Gasteiger partial charge in [0.1, 0.15) is 5.78 Å². The molecule has 1 aromatic carbocycles. The van der Waals surface area contributed by atoms with E-state index in [4.69, 9.17) is 0 Å². The number of β-amino-alcohol motifs (C(OH)–C–C–N with tert-alkyl or cyclic N) is 1. The van der Waals surface area contributed by atoms with Crippen molar-refractivity contribution in [2.24, 2.45) is 11.8 Å². The second kappa shape index (κ2) is 14.7. The van der Waals surface area contributed by atoms with Crippen LogP contribution in [0.5, 0.6) is 0 Å². The molecular weight excluding hydrogens is 438 g/mol. The molecule has 1 aliphatic carbocycles. The predicted octanol–water partition coefficient (Wildman–Crippen LogP) is 3.96. The molecule has 0 radical (unpaired) electrons. The topological polar surface area (TPSA) is 81.7 Å². The van der Waals surface area contributed by atoms with E-state index in [1.54, 1.807) is 0 Å². The molecule has 5 atom stereocenters. The molecule has 0 aromatic heterocycles. The van der Waals surface area contributed by atoms with Crippen LogP contribution in [0.15, 0.2) is 30.3 Å². The smallest absolute Gasteiger partial charge is 0.207 e. The summed E-state index contributed by atoms with van der Waals surface area (Å²) in [5.41, 5.74) is 1.13. The number of amides is 1. The highest BCUT2D eigenvalue weighted by Gasteiger charge is 2.36. The van der Waals surface area contributed by atoms with Gasteiger partial charge in [-0.1, -0.05) is 56.5 Å². The third kappa shape index (κ3) is 10.8. The van der Waals surface area contributed by atoms with Crippen molar-refractivity contribution in [3.05, 3.63) is 35.9 Å². The summed E-state index contributed by atoms with van der Waals surface area (Å²) in [5.74, 6) is 1.89. The fourth-order valence-electron chi connectivity index (χ4n) is 5.28. The first-order chi connectivity index (χ1) is 16.6. The zero-order valence-corrected chi connectivity index (χ0v) is 22.6. The Kier molecular flexibility index (Phi) is 12.4. The second-order valence-corrected chi connectivity index (χ2v) is 11.5. The molecule has 2 fully saturated rings. The summed E-state index contributed by atoms with van der Waals surface area (Å²) in [5, 5.41) is 17.1. The highest BCUT2D eigenvalue weighted by molar-refractivity contribution is 5.80. The molecule has 198 valence electrons. The van der Waals surface area contributed by atoms with E-state index in [9.17, 15) is 14.7 Å². The van der Waals surface area contributed by atoms with Crippen molar-refractivity contribution in [1.82, 2.24) is 15.5 Å². The quantitative estimate of drug-likeness (QED) is 0.435. The van der Waals surface area contributed by atoms with Crippen LogP contribution in [0, 0.1) is 11.8 Å². The first-order valence-electron chi connectivity index (χ1n) is 13.5. The number of fused-ring (bicyclic) bond motifs is 1. The Morgan fingerprint density at radius 3 is 2.40 bits per heavy atom.